The van der Waals surface area contributed by atoms with Crippen LogP contribution in [-0.4, -0.2) is 33.0 Å². The van der Waals surface area contributed by atoms with Gasteiger partial charge in [-0.15, -0.1) is 0 Å². The smallest absolute Gasteiger partial charge is 0.240 e. The molecule has 2 aromatic rings. The molecule has 0 aliphatic carbocycles. The number of hydrogen-bond acceptors (Lipinski definition) is 4. The summed E-state index contributed by atoms with van der Waals surface area (Å²) in [6.07, 6.45) is 2.37. The van der Waals surface area contributed by atoms with E-state index in [-0.39, 0.29) is 6.04 Å². The van der Waals surface area contributed by atoms with Crippen LogP contribution in [0.5, 0.6) is 0 Å². The Morgan fingerprint density at radius 3 is 2.32 bits per heavy atom. The van der Waals surface area contributed by atoms with E-state index in [2.05, 4.69) is 40.3 Å². The number of thiophene rings is 1. The zero-order valence-corrected chi connectivity index (χ0v) is 16.4. The molecule has 1 atom stereocenters. The van der Waals surface area contributed by atoms with Gasteiger partial charge >= 0.3 is 0 Å². The number of likely N-dealkylation sites (tertiary alicyclic amines) is 1. The van der Waals surface area contributed by atoms with Crippen molar-refractivity contribution < 1.29 is 8.42 Å². The molecule has 0 saturated carbocycles. The Bertz CT molecular complexity index is 762. The summed E-state index contributed by atoms with van der Waals surface area (Å²) in [6.45, 7) is 6.67. The molecule has 1 aromatic heterocycles. The van der Waals surface area contributed by atoms with Gasteiger partial charge in [0.1, 0.15) is 0 Å². The average molecular weight is 379 g/mol. The van der Waals surface area contributed by atoms with Crippen molar-refractivity contribution in [3.63, 3.8) is 0 Å². The van der Waals surface area contributed by atoms with Gasteiger partial charge in [0.2, 0.25) is 10.0 Å². The lowest BCUT2D eigenvalue weighted by molar-refractivity contribution is 0.247. The Hall–Kier alpha value is -1.21. The molecule has 1 aromatic carbocycles. The first kappa shape index (κ1) is 18.6. The fourth-order valence-electron chi connectivity index (χ4n) is 3.28. The maximum atomic E-state index is 12.7. The van der Waals surface area contributed by atoms with Gasteiger partial charge in [0, 0.05) is 12.6 Å². The van der Waals surface area contributed by atoms with Crippen molar-refractivity contribution in [3.8, 4) is 0 Å². The second-order valence-corrected chi connectivity index (χ2v) is 9.44. The van der Waals surface area contributed by atoms with E-state index in [1.807, 2.05) is 12.1 Å². The van der Waals surface area contributed by atoms with Crippen LogP contribution in [0.25, 0.3) is 0 Å². The van der Waals surface area contributed by atoms with E-state index in [0.717, 1.165) is 18.7 Å². The normalized spacial score (nSPS) is 17.2. The average Bonchev–Trinajstić information content (AvgIpc) is 3.29. The van der Waals surface area contributed by atoms with Crippen LogP contribution in [0, 0.1) is 0 Å². The van der Waals surface area contributed by atoms with E-state index < -0.39 is 10.0 Å². The number of sulfonamides is 1. The van der Waals surface area contributed by atoms with Crippen LogP contribution in [0.2, 0.25) is 0 Å². The molecule has 0 bridgehead atoms. The highest BCUT2D eigenvalue weighted by molar-refractivity contribution is 7.89. The Morgan fingerprint density at radius 2 is 1.76 bits per heavy atom. The Labute approximate surface area is 154 Å². The van der Waals surface area contributed by atoms with E-state index in [4.69, 9.17) is 0 Å². The van der Waals surface area contributed by atoms with E-state index in [9.17, 15) is 8.42 Å². The molecule has 1 aliphatic rings. The van der Waals surface area contributed by atoms with Gasteiger partial charge in [-0.1, -0.05) is 26.0 Å². The summed E-state index contributed by atoms with van der Waals surface area (Å²) in [4.78, 5) is 2.72. The molecule has 0 unspecified atom stereocenters. The third kappa shape index (κ3) is 4.50. The summed E-state index contributed by atoms with van der Waals surface area (Å²) in [7, 11) is -3.49. The molecule has 136 valence electrons. The minimum absolute atomic E-state index is 0.110. The van der Waals surface area contributed by atoms with Crippen LogP contribution in [0.15, 0.2) is 46.0 Å². The Kier molecular flexibility index (Phi) is 5.94. The monoisotopic (exact) mass is 378 g/mol. The predicted molar refractivity (Wildman–Crippen MR) is 104 cm³/mol. The molecule has 1 aliphatic heterocycles. The summed E-state index contributed by atoms with van der Waals surface area (Å²) < 4.78 is 28.2. The predicted octanol–water partition coefficient (Wildman–Crippen LogP) is 3.99. The fraction of sp³-hybridized carbons (Fsp3) is 0.474. The maximum absolute atomic E-state index is 12.7. The zero-order chi connectivity index (χ0) is 17.9. The van der Waals surface area contributed by atoms with Crippen molar-refractivity contribution in [1.29, 1.82) is 0 Å². The molecule has 6 heteroatoms. The summed E-state index contributed by atoms with van der Waals surface area (Å²) in [5.41, 5.74) is 2.34. The summed E-state index contributed by atoms with van der Waals surface area (Å²) in [6, 6.07) is 9.41. The SMILES string of the molecule is CC(C)c1ccc(S(=O)(=O)NC[C@@H](c2ccsc2)N2CCCC2)cc1. The largest absolute Gasteiger partial charge is 0.295 e. The van der Waals surface area contributed by atoms with Crippen molar-refractivity contribution >= 4 is 21.4 Å². The first-order valence-electron chi connectivity index (χ1n) is 8.83. The number of rotatable bonds is 7. The lowest BCUT2D eigenvalue weighted by Crippen LogP contribution is -2.36. The van der Waals surface area contributed by atoms with Gasteiger partial charge in [-0.2, -0.15) is 11.3 Å². The quantitative estimate of drug-likeness (QED) is 0.793. The van der Waals surface area contributed by atoms with Gasteiger partial charge in [0.25, 0.3) is 0 Å². The number of hydrogen-bond donors (Lipinski definition) is 1. The van der Waals surface area contributed by atoms with Gasteiger partial charge < -0.3 is 0 Å². The second-order valence-electron chi connectivity index (χ2n) is 6.89. The van der Waals surface area contributed by atoms with E-state index in [1.54, 1.807) is 23.5 Å². The molecule has 25 heavy (non-hydrogen) atoms. The number of nitrogens with one attached hydrogen (secondary N) is 1. The van der Waals surface area contributed by atoms with Crippen LogP contribution in [0.3, 0.4) is 0 Å². The second kappa shape index (κ2) is 7.99. The van der Waals surface area contributed by atoms with Gasteiger partial charge in [0.05, 0.1) is 4.90 Å². The van der Waals surface area contributed by atoms with Gasteiger partial charge in [-0.05, 0) is 71.9 Å². The zero-order valence-electron chi connectivity index (χ0n) is 14.8. The maximum Gasteiger partial charge on any atom is 0.240 e. The van der Waals surface area contributed by atoms with Gasteiger partial charge in [0.15, 0.2) is 0 Å². The topological polar surface area (TPSA) is 49.4 Å². The van der Waals surface area contributed by atoms with Crippen molar-refractivity contribution in [1.82, 2.24) is 9.62 Å². The molecular formula is C19H26N2O2S2. The van der Waals surface area contributed by atoms with Crippen LogP contribution in [-0.2, 0) is 10.0 Å². The molecule has 1 fully saturated rings. The van der Waals surface area contributed by atoms with Crippen molar-refractivity contribution in [3.05, 3.63) is 52.2 Å². The summed E-state index contributed by atoms with van der Waals surface area (Å²) >= 11 is 1.66. The lowest BCUT2D eigenvalue weighted by atomic mass is 10.0. The first-order chi connectivity index (χ1) is 12.0. The van der Waals surface area contributed by atoms with E-state index >= 15 is 0 Å². The van der Waals surface area contributed by atoms with Crippen LogP contribution in [0.1, 0.15) is 49.8 Å². The van der Waals surface area contributed by atoms with Crippen molar-refractivity contribution in [2.45, 2.75) is 43.5 Å². The molecule has 0 spiro atoms. The van der Waals surface area contributed by atoms with Crippen molar-refractivity contribution in [2.75, 3.05) is 19.6 Å². The molecule has 0 radical (unpaired) electrons. The molecule has 1 N–H and O–H groups in total. The number of benzene rings is 1. The molecule has 2 heterocycles. The van der Waals surface area contributed by atoms with E-state index in [1.165, 1.54) is 18.4 Å². The third-order valence-corrected chi connectivity index (χ3v) is 6.97. The van der Waals surface area contributed by atoms with E-state index in [0.29, 0.717) is 17.4 Å². The lowest BCUT2D eigenvalue weighted by Gasteiger charge is -2.27. The highest BCUT2D eigenvalue weighted by atomic mass is 32.2. The van der Waals surface area contributed by atoms with Crippen LogP contribution < -0.4 is 4.72 Å². The van der Waals surface area contributed by atoms with Gasteiger partial charge in [-0.3, -0.25) is 4.90 Å². The highest BCUT2D eigenvalue weighted by Crippen LogP contribution is 2.27. The molecular weight excluding hydrogens is 352 g/mol. The third-order valence-electron chi connectivity index (χ3n) is 4.83. The molecule has 4 nitrogen and oxygen atoms in total. The minimum Gasteiger partial charge on any atom is -0.295 e. The van der Waals surface area contributed by atoms with Crippen LogP contribution in [0.4, 0.5) is 0 Å². The van der Waals surface area contributed by atoms with Crippen LogP contribution >= 0.6 is 11.3 Å². The first-order valence-corrected chi connectivity index (χ1v) is 11.3. The summed E-state index contributed by atoms with van der Waals surface area (Å²) in [5.74, 6) is 0.392. The van der Waals surface area contributed by atoms with Crippen molar-refractivity contribution in [2.24, 2.45) is 0 Å². The standard InChI is InChI=1S/C19H26N2O2S2/c1-15(2)16-5-7-18(8-6-16)25(22,23)20-13-19(17-9-12-24-14-17)21-10-3-4-11-21/h5-9,12,14-15,19-20H,3-4,10-11,13H2,1-2H3/t19-/m0/s1. The Balaban J connectivity index is 1.72. The van der Waals surface area contributed by atoms with Gasteiger partial charge in [-0.25, -0.2) is 13.1 Å². The number of nitrogens with zero attached hydrogens (tertiary/aromatic N) is 1. The molecule has 1 saturated heterocycles. The Morgan fingerprint density at radius 1 is 1.08 bits per heavy atom. The molecule has 3 rings (SSSR count). The molecule has 0 amide bonds. The minimum atomic E-state index is -3.49. The highest BCUT2D eigenvalue weighted by Gasteiger charge is 2.26. The fourth-order valence-corrected chi connectivity index (χ4v) is 5.02. The summed E-state index contributed by atoms with van der Waals surface area (Å²) in [5, 5.41) is 4.17.